The summed E-state index contributed by atoms with van der Waals surface area (Å²) in [6.45, 7) is 11.5. The molecule has 3 heterocycles. The fourth-order valence-corrected chi connectivity index (χ4v) is 8.83. The molecular weight excluding hydrogens is 826 g/mol. The van der Waals surface area contributed by atoms with Crippen LogP contribution in [0.3, 0.4) is 0 Å². The molecule has 20 heteroatoms. The molecule has 0 spiro atoms. The van der Waals surface area contributed by atoms with Gasteiger partial charge in [-0.25, -0.2) is 36.6 Å². The number of hydrogen-bond acceptors (Lipinski definition) is 10. The number of halogens is 3. The van der Waals surface area contributed by atoms with Gasteiger partial charge < -0.3 is 35.2 Å². The first kappa shape index (κ1) is 46.4. The van der Waals surface area contributed by atoms with Gasteiger partial charge in [0.15, 0.2) is 0 Å². The van der Waals surface area contributed by atoms with Crippen LogP contribution in [-0.4, -0.2) is 111 Å². The summed E-state index contributed by atoms with van der Waals surface area (Å²) >= 11 is 6.29. The molecule has 2 saturated heterocycles. The predicted octanol–water partition coefficient (Wildman–Crippen LogP) is 6.08. The van der Waals surface area contributed by atoms with E-state index in [-0.39, 0.29) is 104 Å². The van der Waals surface area contributed by atoms with Gasteiger partial charge in [-0.05, 0) is 104 Å². The zero-order valence-electron chi connectivity index (χ0n) is 34.8. The number of ether oxygens (including phenoxy) is 2. The number of urea groups is 1. The number of pyridine rings is 1. The summed E-state index contributed by atoms with van der Waals surface area (Å²) in [5, 5.41) is 7.90. The van der Waals surface area contributed by atoms with Gasteiger partial charge in [0.05, 0.1) is 4.90 Å². The van der Waals surface area contributed by atoms with Gasteiger partial charge in [-0.2, -0.15) is 9.30 Å². The summed E-state index contributed by atoms with van der Waals surface area (Å²) in [6.07, 6.45) is 1.21. The molecule has 1 unspecified atom stereocenters. The highest BCUT2D eigenvalue weighted by Crippen LogP contribution is 2.45. The van der Waals surface area contributed by atoms with Crippen LogP contribution in [0, 0.1) is 11.8 Å². The van der Waals surface area contributed by atoms with Crippen molar-refractivity contribution in [3.63, 3.8) is 0 Å². The maximum atomic E-state index is 16.0. The molecule has 0 radical (unpaired) electrons. The molecule has 5 rings (SSSR count). The molecular formula is C40H55ClF2N8O8S. The van der Waals surface area contributed by atoms with Crippen molar-refractivity contribution in [3.8, 4) is 0 Å². The molecule has 0 bridgehead atoms. The Labute approximate surface area is 354 Å². The molecule has 1 aliphatic carbocycles. The summed E-state index contributed by atoms with van der Waals surface area (Å²) in [5.41, 5.74) is -1.11. The SMILES string of the molecule is CC(C)(C)OC(=O)N=CC1CC(=O)N(c2ccc(S(=O)(=O)N3CCN(c4cc(C(F)(F)C5CCC(NC(=O)NCCNC(=O)OC(C)(C)C)CC5)cc(Cl)n4)CC3)cc2)C1. The number of piperazine rings is 1. The van der Waals surface area contributed by atoms with Crippen LogP contribution in [0.15, 0.2) is 46.3 Å². The predicted molar refractivity (Wildman–Crippen MR) is 222 cm³/mol. The Morgan fingerprint density at radius 3 is 2.15 bits per heavy atom. The number of benzene rings is 1. The van der Waals surface area contributed by atoms with Gasteiger partial charge in [0.1, 0.15) is 22.2 Å². The van der Waals surface area contributed by atoms with Crippen molar-refractivity contribution in [1.29, 1.82) is 0 Å². The van der Waals surface area contributed by atoms with Gasteiger partial charge in [-0.15, -0.1) is 0 Å². The molecule has 2 aliphatic heterocycles. The van der Waals surface area contributed by atoms with Gasteiger partial charge in [-0.1, -0.05) is 11.6 Å². The second kappa shape index (κ2) is 19.0. The number of aromatic nitrogens is 1. The number of hydrogen-bond donors (Lipinski definition) is 3. The first-order valence-electron chi connectivity index (χ1n) is 20.0. The first-order valence-corrected chi connectivity index (χ1v) is 21.8. The normalized spacial score (nSPS) is 20.9. The summed E-state index contributed by atoms with van der Waals surface area (Å²) in [5.74, 6) is -4.53. The largest absolute Gasteiger partial charge is 0.444 e. The van der Waals surface area contributed by atoms with Crippen LogP contribution in [0.1, 0.15) is 79.2 Å². The minimum absolute atomic E-state index is 0.0373. The number of carbonyl (C=O) groups excluding carboxylic acids is 4. The zero-order valence-corrected chi connectivity index (χ0v) is 36.4. The van der Waals surface area contributed by atoms with Crippen LogP contribution in [0.2, 0.25) is 5.15 Å². The summed E-state index contributed by atoms with van der Waals surface area (Å²) in [7, 11) is -3.93. The van der Waals surface area contributed by atoms with Crippen LogP contribution in [-0.2, 0) is 30.2 Å². The van der Waals surface area contributed by atoms with E-state index in [1.54, 1.807) is 58.6 Å². The number of sulfonamides is 1. The van der Waals surface area contributed by atoms with Crippen LogP contribution in [0.25, 0.3) is 0 Å². The van der Waals surface area contributed by atoms with E-state index in [1.165, 1.54) is 33.6 Å². The van der Waals surface area contributed by atoms with E-state index in [0.717, 1.165) is 6.07 Å². The fraction of sp³-hybridized carbons (Fsp3) is 0.600. The van der Waals surface area contributed by atoms with Crippen LogP contribution in [0.5, 0.6) is 0 Å². The Bertz CT molecular complexity index is 2010. The van der Waals surface area contributed by atoms with Crippen molar-refractivity contribution in [2.45, 2.75) is 102 Å². The molecule has 5 amide bonds. The summed E-state index contributed by atoms with van der Waals surface area (Å²) < 4.78 is 71.0. The third kappa shape index (κ3) is 12.7. The molecule has 1 atom stereocenters. The Hall–Kier alpha value is -4.62. The Balaban J connectivity index is 1.10. The maximum absolute atomic E-state index is 16.0. The molecule has 3 aliphatic rings. The van der Waals surface area contributed by atoms with Gasteiger partial charge in [0, 0.05) is 87.6 Å². The van der Waals surface area contributed by atoms with E-state index in [9.17, 15) is 27.6 Å². The number of nitrogens with one attached hydrogen (secondary N) is 3. The topological polar surface area (TPSA) is 192 Å². The Morgan fingerprint density at radius 1 is 0.917 bits per heavy atom. The van der Waals surface area contributed by atoms with Crippen molar-refractivity contribution in [2.24, 2.45) is 16.8 Å². The van der Waals surface area contributed by atoms with E-state index in [1.807, 2.05) is 0 Å². The second-order valence-corrected chi connectivity index (χ2v) is 19.5. The highest BCUT2D eigenvalue weighted by molar-refractivity contribution is 7.89. The van der Waals surface area contributed by atoms with Gasteiger partial charge >= 0.3 is 18.2 Å². The highest BCUT2D eigenvalue weighted by Gasteiger charge is 2.44. The number of rotatable bonds is 11. The van der Waals surface area contributed by atoms with E-state index < -0.39 is 51.3 Å². The second-order valence-electron chi connectivity index (χ2n) is 17.1. The van der Waals surface area contributed by atoms with Crippen LogP contribution in [0.4, 0.5) is 34.7 Å². The lowest BCUT2D eigenvalue weighted by Gasteiger charge is -2.36. The van der Waals surface area contributed by atoms with Crippen molar-refractivity contribution >= 4 is 63.5 Å². The lowest BCUT2D eigenvalue weighted by atomic mass is 9.80. The zero-order chi connectivity index (χ0) is 44.0. The van der Waals surface area contributed by atoms with Crippen molar-refractivity contribution in [3.05, 3.63) is 47.1 Å². The molecule has 2 aromatic rings. The smallest absolute Gasteiger partial charge is 0.433 e. The quantitative estimate of drug-likeness (QED) is 0.135. The van der Waals surface area contributed by atoms with Crippen LogP contribution >= 0.6 is 11.6 Å². The molecule has 3 fully saturated rings. The molecule has 1 saturated carbocycles. The van der Waals surface area contributed by atoms with E-state index in [4.69, 9.17) is 21.1 Å². The van der Waals surface area contributed by atoms with E-state index in [2.05, 4.69) is 25.9 Å². The van der Waals surface area contributed by atoms with Crippen molar-refractivity contribution in [1.82, 2.24) is 25.2 Å². The monoisotopic (exact) mass is 880 g/mol. The minimum atomic E-state index is -3.93. The lowest BCUT2D eigenvalue weighted by Crippen LogP contribution is -2.49. The Morgan fingerprint density at radius 2 is 1.53 bits per heavy atom. The van der Waals surface area contributed by atoms with E-state index in [0.29, 0.717) is 18.5 Å². The average Bonchev–Trinajstić information content (AvgIpc) is 3.54. The van der Waals surface area contributed by atoms with E-state index >= 15 is 8.78 Å². The molecule has 16 nitrogen and oxygen atoms in total. The van der Waals surface area contributed by atoms with Crippen LogP contribution < -0.4 is 25.8 Å². The fourth-order valence-electron chi connectivity index (χ4n) is 7.21. The standard InChI is InChI=1S/C40H55ClF2N8O8S/c1-38(2,3)58-36(54)45-16-15-44-35(53)47-29-9-7-27(8-10-29)40(42,43)28-22-32(41)48-33(23-28)49-17-19-50(20-18-49)60(56,57)31-13-11-30(12-14-31)51-25-26(21-34(51)52)24-46-37(55)59-39(4,5)6/h11-14,22-24,26-27,29H,7-10,15-21,25H2,1-6H3,(H,45,54)(H2,44,47,53). The third-order valence-corrected chi connectivity index (χ3v) is 12.2. The molecule has 60 heavy (non-hydrogen) atoms. The van der Waals surface area contributed by atoms with Gasteiger partial charge in [0.2, 0.25) is 15.9 Å². The number of carbonyl (C=O) groups is 4. The number of aliphatic imine (C=N–C) groups is 1. The molecule has 330 valence electrons. The third-order valence-electron chi connectivity index (χ3n) is 10.1. The number of anilines is 2. The molecule has 3 N–H and O–H groups in total. The van der Waals surface area contributed by atoms with Crippen molar-refractivity contribution in [2.75, 3.05) is 55.6 Å². The summed E-state index contributed by atoms with van der Waals surface area (Å²) in [6, 6.07) is 7.71. The lowest BCUT2D eigenvalue weighted by molar-refractivity contribution is -0.117. The average molecular weight is 881 g/mol. The first-order chi connectivity index (χ1) is 28.0. The van der Waals surface area contributed by atoms with Crippen molar-refractivity contribution < 1.29 is 45.9 Å². The van der Waals surface area contributed by atoms with Gasteiger partial charge in [-0.3, -0.25) is 4.79 Å². The number of nitrogens with zero attached hydrogens (tertiary/aromatic N) is 5. The maximum Gasteiger partial charge on any atom is 0.433 e. The number of alkyl halides is 2. The summed E-state index contributed by atoms with van der Waals surface area (Å²) in [4.78, 5) is 60.3. The molecule has 1 aromatic heterocycles. The highest BCUT2D eigenvalue weighted by atomic mass is 35.5. The van der Waals surface area contributed by atoms with Gasteiger partial charge in [0.25, 0.3) is 5.92 Å². The Kier molecular flexibility index (Phi) is 14.7. The molecule has 1 aromatic carbocycles. The minimum Gasteiger partial charge on any atom is -0.444 e. The number of alkyl carbamates (subject to hydrolysis) is 1. The number of amides is 5.